The van der Waals surface area contributed by atoms with Crippen LogP contribution in [0, 0.1) is 12.3 Å². The lowest BCUT2D eigenvalue weighted by atomic mass is 10.7. The number of sulfonamides is 1. The Morgan fingerprint density at radius 1 is 1.64 bits per heavy atom. The van der Waals surface area contributed by atoms with Gasteiger partial charge in [-0.15, -0.1) is 18.0 Å². The van der Waals surface area contributed by atoms with Gasteiger partial charge in [-0.2, -0.15) is 4.31 Å². The average Bonchev–Trinajstić information content (AvgIpc) is 1.88. The third-order valence-electron chi connectivity index (χ3n) is 1.12. The summed E-state index contributed by atoms with van der Waals surface area (Å²) in [6.45, 7) is 0.0965. The van der Waals surface area contributed by atoms with Crippen LogP contribution in [0.25, 0.3) is 0 Å². The highest BCUT2D eigenvalue weighted by molar-refractivity contribution is 7.89. The molecule has 0 amide bonds. The number of alkyl halides is 1. The largest absolute Gasteiger partial charge is 0.215 e. The fraction of sp³-hybridized carbons (Fsp3) is 0.667. The zero-order chi connectivity index (χ0) is 8.91. The second-order valence-electron chi connectivity index (χ2n) is 1.97. The maximum absolute atomic E-state index is 11.1. The lowest BCUT2D eigenvalue weighted by molar-refractivity contribution is 0.504. The summed E-state index contributed by atoms with van der Waals surface area (Å²) >= 11 is 5.27. The Bertz CT molecular complexity index is 242. The zero-order valence-corrected chi connectivity index (χ0v) is 7.82. The van der Waals surface area contributed by atoms with Crippen molar-refractivity contribution in [2.24, 2.45) is 0 Å². The van der Waals surface area contributed by atoms with Gasteiger partial charge in [-0.25, -0.2) is 8.42 Å². The zero-order valence-electron chi connectivity index (χ0n) is 6.25. The molecule has 0 aliphatic carbocycles. The van der Waals surface area contributed by atoms with Crippen LogP contribution >= 0.6 is 11.6 Å². The third-order valence-corrected chi connectivity index (χ3v) is 3.34. The quantitative estimate of drug-likeness (QED) is 0.472. The summed E-state index contributed by atoms with van der Waals surface area (Å²) in [5.41, 5.74) is 0. The van der Waals surface area contributed by atoms with Gasteiger partial charge in [-0.1, -0.05) is 5.92 Å². The molecule has 0 aliphatic heterocycles. The van der Waals surface area contributed by atoms with E-state index in [0.29, 0.717) is 0 Å². The van der Waals surface area contributed by atoms with Gasteiger partial charge in [0, 0.05) is 12.9 Å². The summed E-state index contributed by atoms with van der Waals surface area (Å²) < 4.78 is 23.2. The van der Waals surface area contributed by atoms with Crippen LogP contribution in [0.4, 0.5) is 0 Å². The van der Waals surface area contributed by atoms with Crippen molar-refractivity contribution >= 4 is 21.6 Å². The van der Waals surface area contributed by atoms with Gasteiger partial charge in [0.15, 0.2) is 0 Å². The van der Waals surface area contributed by atoms with E-state index in [9.17, 15) is 8.42 Å². The Kier molecular flexibility index (Phi) is 4.50. The first kappa shape index (κ1) is 10.8. The molecule has 0 saturated carbocycles. The van der Waals surface area contributed by atoms with Crippen LogP contribution in [0.5, 0.6) is 0 Å². The van der Waals surface area contributed by atoms with E-state index >= 15 is 0 Å². The van der Waals surface area contributed by atoms with E-state index in [2.05, 4.69) is 5.92 Å². The number of hydrogen-bond donors (Lipinski definition) is 0. The van der Waals surface area contributed by atoms with Gasteiger partial charge >= 0.3 is 0 Å². The molecule has 0 N–H and O–H groups in total. The molecule has 0 spiro atoms. The number of terminal acetylenes is 1. The van der Waals surface area contributed by atoms with Crippen LogP contribution in [0.15, 0.2) is 0 Å². The van der Waals surface area contributed by atoms with Crippen molar-refractivity contribution in [1.82, 2.24) is 4.31 Å². The van der Waals surface area contributed by atoms with Crippen LogP contribution in [-0.2, 0) is 10.0 Å². The molecular weight excluding hydrogens is 186 g/mol. The monoisotopic (exact) mass is 195 g/mol. The van der Waals surface area contributed by atoms with Gasteiger partial charge in [-0.3, -0.25) is 0 Å². The predicted molar refractivity (Wildman–Crippen MR) is 46.0 cm³/mol. The lowest BCUT2D eigenvalue weighted by Crippen LogP contribution is -2.30. The van der Waals surface area contributed by atoms with Gasteiger partial charge in [0.1, 0.15) is 0 Å². The maximum atomic E-state index is 11.1. The van der Waals surface area contributed by atoms with Gasteiger partial charge in [0.05, 0.1) is 12.3 Å². The summed E-state index contributed by atoms with van der Waals surface area (Å²) in [7, 11) is -1.78. The first-order chi connectivity index (χ1) is 5.04. The molecule has 0 aromatic rings. The molecule has 0 aromatic heterocycles. The van der Waals surface area contributed by atoms with Gasteiger partial charge < -0.3 is 0 Å². The highest BCUT2D eigenvalue weighted by Gasteiger charge is 2.14. The molecule has 0 atom stereocenters. The molecule has 11 heavy (non-hydrogen) atoms. The highest BCUT2D eigenvalue weighted by Crippen LogP contribution is 1.97. The molecule has 0 saturated heterocycles. The summed E-state index contributed by atoms with van der Waals surface area (Å²) in [5, 5.41) is 0. The van der Waals surface area contributed by atoms with Crippen LogP contribution in [-0.4, -0.2) is 37.9 Å². The van der Waals surface area contributed by atoms with Crippen molar-refractivity contribution in [3.63, 3.8) is 0 Å². The SMILES string of the molecule is C#CCN(C)S(=O)(=O)CCCl. The van der Waals surface area contributed by atoms with Gasteiger partial charge in [0.25, 0.3) is 0 Å². The molecule has 0 unspecified atom stereocenters. The fourth-order valence-corrected chi connectivity index (χ4v) is 1.84. The van der Waals surface area contributed by atoms with E-state index < -0.39 is 10.0 Å². The standard InChI is InChI=1S/C6H10ClNO2S/c1-3-5-8(2)11(9,10)6-4-7/h1H,4-6H2,2H3. The molecule has 0 bridgehead atoms. The van der Waals surface area contributed by atoms with Gasteiger partial charge in [-0.05, 0) is 0 Å². The van der Waals surface area contributed by atoms with Crippen molar-refractivity contribution in [2.75, 3.05) is 25.2 Å². The number of halogens is 1. The van der Waals surface area contributed by atoms with Crippen molar-refractivity contribution in [2.45, 2.75) is 0 Å². The maximum Gasteiger partial charge on any atom is 0.215 e. The van der Waals surface area contributed by atoms with Crippen LogP contribution in [0.2, 0.25) is 0 Å². The molecule has 0 aliphatic rings. The van der Waals surface area contributed by atoms with Crippen molar-refractivity contribution in [3.8, 4) is 12.3 Å². The Morgan fingerprint density at radius 2 is 2.18 bits per heavy atom. The minimum Gasteiger partial charge on any atom is -0.212 e. The molecular formula is C6H10ClNO2S. The topological polar surface area (TPSA) is 37.4 Å². The molecule has 5 heteroatoms. The Balaban J connectivity index is 4.21. The van der Waals surface area contributed by atoms with Crippen LogP contribution < -0.4 is 0 Å². The van der Waals surface area contributed by atoms with Crippen molar-refractivity contribution < 1.29 is 8.42 Å². The minimum atomic E-state index is -3.21. The predicted octanol–water partition coefficient (Wildman–Crippen LogP) is 0.120. The Morgan fingerprint density at radius 3 is 2.55 bits per heavy atom. The fourth-order valence-electron chi connectivity index (χ4n) is 0.480. The Labute approximate surface area is 72.4 Å². The summed E-state index contributed by atoms with van der Waals surface area (Å²) in [6, 6.07) is 0. The van der Waals surface area contributed by atoms with Crippen LogP contribution in [0.3, 0.4) is 0 Å². The van der Waals surface area contributed by atoms with E-state index in [1.165, 1.54) is 7.05 Å². The number of rotatable bonds is 4. The second kappa shape index (κ2) is 4.60. The summed E-state index contributed by atoms with van der Waals surface area (Å²) in [5.74, 6) is 2.27. The van der Waals surface area contributed by atoms with E-state index in [0.717, 1.165) is 4.31 Å². The normalized spacial score (nSPS) is 11.5. The molecule has 0 aromatic carbocycles. The minimum absolute atomic E-state index is 0.0628. The molecule has 0 radical (unpaired) electrons. The third kappa shape index (κ3) is 3.61. The summed E-state index contributed by atoms with van der Waals surface area (Å²) in [6.07, 6.45) is 4.93. The summed E-state index contributed by atoms with van der Waals surface area (Å²) in [4.78, 5) is 0. The van der Waals surface area contributed by atoms with Crippen molar-refractivity contribution in [3.05, 3.63) is 0 Å². The van der Waals surface area contributed by atoms with E-state index in [1.54, 1.807) is 0 Å². The first-order valence-corrected chi connectivity index (χ1v) is 5.12. The second-order valence-corrected chi connectivity index (χ2v) is 4.54. The van der Waals surface area contributed by atoms with E-state index in [-0.39, 0.29) is 18.2 Å². The number of nitrogens with zero attached hydrogens (tertiary/aromatic N) is 1. The average molecular weight is 196 g/mol. The van der Waals surface area contributed by atoms with Crippen LogP contribution in [0.1, 0.15) is 0 Å². The highest BCUT2D eigenvalue weighted by atomic mass is 35.5. The number of hydrogen-bond acceptors (Lipinski definition) is 2. The molecule has 0 fully saturated rings. The molecule has 3 nitrogen and oxygen atoms in total. The van der Waals surface area contributed by atoms with E-state index in [4.69, 9.17) is 18.0 Å². The van der Waals surface area contributed by atoms with Crippen molar-refractivity contribution in [1.29, 1.82) is 0 Å². The van der Waals surface area contributed by atoms with E-state index in [1.807, 2.05) is 0 Å². The molecule has 0 rings (SSSR count). The first-order valence-electron chi connectivity index (χ1n) is 2.98. The lowest BCUT2D eigenvalue weighted by Gasteiger charge is -2.12. The smallest absolute Gasteiger partial charge is 0.212 e. The van der Waals surface area contributed by atoms with Gasteiger partial charge in [0.2, 0.25) is 10.0 Å². The molecule has 64 valence electrons. The Hall–Kier alpha value is -0.240. The molecule has 0 heterocycles.